The SMILES string of the molecule is Cl.O=C1CNCCN1C1CCCN(S(=O)(=O)c2cn3c(n2)CCCC3)C1. The van der Waals surface area contributed by atoms with Crippen LogP contribution in [0.3, 0.4) is 0 Å². The molecule has 4 heterocycles. The van der Waals surface area contributed by atoms with Crippen LogP contribution in [-0.4, -0.2) is 71.8 Å². The maximum atomic E-state index is 13.0. The van der Waals surface area contributed by atoms with Crippen LogP contribution in [0.4, 0.5) is 0 Å². The molecule has 0 radical (unpaired) electrons. The summed E-state index contributed by atoms with van der Waals surface area (Å²) in [5.41, 5.74) is 0. The average Bonchev–Trinajstić information content (AvgIpc) is 3.07. The molecular weight excluding hydrogens is 378 g/mol. The summed E-state index contributed by atoms with van der Waals surface area (Å²) in [6, 6.07) is -0.0321. The number of hydrogen-bond donors (Lipinski definition) is 1. The number of aromatic nitrogens is 2. The van der Waals surface area contributed by atoms with Crippen LogP contribution in [0.25, 0.3) is 0 Å². The number of hydrogen-bond acceptors (Lipinski definition) is 5. The third-order valence-corrected chi connectivity index (χ3v) is 7.15. The van der Waals surface area contributed by atoms with Crippen LogP contribution in [0.1, 0.15) is 31.5 Å². The number of piperazine rings is 1. The molecule has 0 saturated carbocycles. The molecule has 26 heavy (non-hydrogen) atoms. The third-order valence-electron chi connectivity index (χ3n) is 5.42. The molecule has 8 nitrogen and oxygen atoms in total. The summed E-state index contributed by atoms with van der Waals surface area (Å²) in [6.07, 6.45) is 6.29. The number of nitrogens with zero attached hydrogens (tertiary/aromatic N) is 4. The van der Waals surface area contributed by atoms with Crippen molar-refractivity contribution in [3.63, 3.8) is 0 Å². The first kappa shape index (κ1) is 19.6. The van der Waals surface area contributed by atoms with Crippen molar-refractivity contribution < 1.29 is 13.2 Å². The monoisotopic (exact) mass is 403 g/mol. The molecule has 146 valence electrons. The quantitative estimate of drug-likeness (QED) is 0.780. The number of rotatable bonds is 3. The van der Waals surface area contributed by atoms with Crippen LogP contribution in [0.2, 0.25) is 0 Å². The van der Waals surface area contributed by atoms with E-state index in [1.165, 1.54) is 4.31 Å². The minimum atomic E-state index is -3.60. The number of amides is 1. The second-order valence-corrected chi connectivity index (χ2v) is 8.95. The second kappa shape index (κ2) is 7.84. The lowest BCUT2D eigenvalue weighted by Gasteiger charge is -2.40. The maximum absolute atomic E-state index is 13.0. The van der Waals surface area contributed by atoms with Gasteiger partial charge >= 0.3 is 0 Å². The lowest BCUT2D eigenvalue weighted by Crippen LogP contribution is -2.57. The Morgan fingerprint density at radius 3 is 2.77 bits per heavy atom. The van der Waals surface area contributed by atoms with E-state index < -0.39 is 10.0 Å². The van der Waals surface area contributed by atoms with E-state index in [1.807, 2.05) is 9.47 Å². The number of fused-ring (bicyclic) bond motifs is 1. The molecule has 1 N–H and O–H groups in total. The number of halogens is 1. The predicted octanol–water partition coefficient (Wildman–Crippen LogP) is 0.226. The minimum absolute atomic E-state index is 0. The van der Waals surface area contributed by atoms with Crippen molar-refractivity contribution >= 4 is 28.3 Å². The van der Waals surface area contributed by atoms with Gasteiger partial charge in [0.25, 0.3) is 10.0 Å². The molecule has 0 bridgehead atoms. The fraction of sp³-hybridized carbons (Fsp3) is 0.750. The molecule has 2 saturated heterocycles. The number of nitrogens with one attached hydrogen (secondary N) is 1. The van der Waals surface area contributed by atoms with E-state index in [2.05, 4.69) is 10.3 Å². The molecule has 2 fully saturated rings. The van der Waals surface area contributed by atoms with Crippen LogP contribution < -0.4 is 5.32 Å². The molecule has 1 aromatic heterocycles. The minimum Gasteiger partial charge on any atom is -0.336 e. The molecule has 1 aromatic rings. The van der Waals surface area contributed by atoms with Gasteiger partial charge in [0.2, 0.25) is 5.91 Å². The summed E-state index contributed by atoms with van der Waals surface area (Å²) in [7, 11) is -3.60. The molecule has 1 unspecified atom stereocenters. The number of aryl methyl sites for hydroxylation is 2. The van der Waals surface area contributed by atoms with Crippen molar-refractivity contribution in [3.05, 3.63) is 12.0 Å². The Balaban J connectivity index is 0.00000196. The average molecular weight is 404 g/mol. The maximum Gasteiger partial charge on any atom is 0.262 e. The molecule has 10 heteroatoms. The zero-order chi connectivity index (χ0) is 17.4. The van der Waals surface area contributed by atoms with Crippen LogP contribution in [-0.2, 0) is 27.8 Å². The van der Waals surface area contributed by atoms with Crippen molar-refractivity contribution in [2.75, 3.05) is 32.7 Å². The van der Waals surface area contributed by atoms with Gasteiger partial charge in [0.15, 0.2) is 5.03 Å². The van der Waals surface area contributed by atoms with E-state index in [0.29, 0.717) is 26.2 Å². The second-order valence-electron chi connectivity index (χ2n) is 7.07. The molecule has 0 spiro atoms. The first-order valence-electron chi connectivity index (χ1n) is 9.12. The van der Waals surface area contributed by atoms with Gasteiger partial charge in [0, 0.05) is 51.4 Å². The number of piperidine rings is 1. The molecule has 1 amide bonds. The lowest BCUT2D eigenvalue weighted by atomic mass is 10.1. The zero-order valence-corrected chi connectivity index (χ0v) is 16.4. The Bertz CT molecular complexity index is 742. The van der Waals surface area contributed by atoms with Gasteiger partial charge in [-0.3, -0.25) is 4.79 Å². The Hall–Kier alpha value is -1.16. The van der Waals surface area contributed by atoms with E-state index in [1.54, 1.807) is 6.20 Å². The van der Waals surface area contributed by atoms with Crippen molar-refractivity contribution in [2.45, 2.75) is 49.7 Å². The van der Waals surface area contributed by atoms with Crippen LogP contribution in [0.15, 0.2) is 11.2 Å². The fourth-order valence-corrected chi connectivity index (χ4v) is 5.53. The summed E-state index contributed by atoms with van der Waals surface area (Å²) < 4.78 is 29.6. The first-order valence-corrected chi connectivity index (χ1v) is 10.6. The van der Waals surface area contributed by atoms with Crippen LogP contribution in [0, 0.1) is 0 Å². The van der Waals surface area contributed by atoms with Crippen molar-refractivity contribution in [1.29, 1.82) is 0 Å². The summed E-state index contributed by atoms with van der Waals surface area (Å²) in [5.74, 6) is 0.934. The molecule has 3 aliphatic rings. The van der Waals surface area contributed by atoms with E-state index in [0.717, 1.165) is 51.0 Å². The largest absolute Gasteiger partial charge is 0.336 e. The van der Waals surface area contributed by atoms with Gasteiger partial charge in [0.1, 0.15) is 5.82 Å². The van der Waals surface area contributed by atoms with Gasteiger partial charge in [-0.25, -0.2) is 13.4 Å². The highest BCUT2D eigenvalue weighted by atomic mass is 35.5. The summed E-state index contributed by atoms with van der Waals surface area (Å²) in [6.45, 7) is 3.48. The Labute approximate surface area is 160 Å². The Morgan fingerprint density at radius 1 is 1.15 bits per heavy atom. The van der Waals surface area contributed by atoms with Crippen molar-refractivity contribution in [3.8, 4) is 0 Å². The predicted molar refractivity (Wildman–Crippen MR) is 98.8 cm³/mol. The highest BCUT2D eigenvalue weighted by Crippen LogP contribution is 2.25. The van der Waals surface area contributed by atoms with E-state index in [-0.39, 0.29) is 29.4 Å². The Morgan fingerprint density at radius 2 is 2.00 bits per heavy atom. The number of imidazole rings is 1. The van der Waals surface area contributed by atoms with Gasteiger partial charge in [-0.15, -0.1) is 12.4 Å². The van der Waals surface area contributed by atoms with Gasteiger partial charge in [-0.05, 0) is 25.7 Å². The van der Waals surface area contributed by atoms with Crippen LogP contribution >= 0.6 is 12.4 Å². The normalized spacial score (nSPS) is 24.8. The van der Waals surface area contributed by atoms with E-state index >= 15 is 0 Å². The molecule has 0 aromatic carbocycles. The summed E-state index contributed by atoms with van der Waals surface area (Å²) in [5, 5.41) is 3.23. The molecular formula is C16H26ClN5O3S. The van der Waals surface area contributed by atoms with Crippen LogP contribution in [0.5, 0.6) is 0 Å². The topological polar surface area (TPSA) is 87.5 Å². The number of carbonyl (C=O) groups is 1. The first-order chi connectivity index (χ1) is 12.1. The molecule has 1 atom stereocenters. The molecule has 0 aliphatic carbocycles. The summed E-state index contributed by atoms with van der Waals surface area (Å²) >= 11 is 0. The lowest BCUT2D eigenvalue weighted by molar-refractivity contribution is -0.135. The van der Waals surface area contributed by atoms with Gasteiger partial charge < -0.3 is 14.8 Å². The Kier molecular flexibility index (Phi) is 5.91. The molecule has 3 aliphatic heterocycles. The highest BCUT2D eigenvalue weighted by Gasteiger charge is 2.36. The summed E-state index contributed by atoms with van der Waals surface area (Å²) in [4.78, 5) is 18.4. The van der Waals surface area contributed by atoms with Crippen molar-refractivity contribution in [1.82, 2.24) is 24.1 Å². The van der Waals surface area contributed by atoms with Gasteiger partial charge in [0.05, 0.1) is 6.54 Å². The smallest absolute Gasteiger partial charge is 0.262 e. The zero-order valence-electron chi connectivity index (χ0n) is 14.8. The van der Waals surface area contributed by atoms with Gasteiger partial charge in [-0.2, -0.15) is 4.31 Å². The van der Waals surface area contributed by atoms with Gasteiger partial charge in [-0.1, -0.05) is 0 Å². The van der Waals surface area contributed by atoms with E-state index in [4.69, 9.17) is 0 Å². The number of sulfonamides is 1. The standard InChI is InChI=1S/C16H25N5O3S.ClH/c22-16-10-17-6-9-21(16)13-4-3-8-20(11-13)25(23,24)15-12-19-7-2-1-5-14(19)18-15;/h12-13,17H,1-11H2;1H. The number of carbonyl (C=O) groups excluding carboxylic acids is 1. The third kappa shape index (κ3) is 3.62. The fourth-order valence-electron chi connectivity index (χ4n) is 4.04. The van der Waals surface area contributed by atoms with Crippen molar-refractivity contribution in [2.24, 2.45) is 0 Å². The molecule has 4 rings (SSSR count). The van der Waals surface area contributed by atoms with E-state index in [9.17, 15) is 13.2 Å². The highest BCUT2D eigenvalue weighted by molar-refractivity contribution is 7.89.